The van der Waals surface area contributed by atoms with Crippen LogP contribution in [0.2, 0.25) is 0 Å². The topological polar surface area (TPSA) is 40.5 Å². The van der Waals surface area contributed by atoms with Crippen molar-refractivity contribution in [2.45, 2.75) is 24.9 Å². The van der Waals surface area contributed by atoms with Gasteiger partial charge in [0.2, 0.25) is 0 Å². The molecule has 1 saturated heterocycles. The molecule has 0 aromatic heterocycles. The Morgan fingerprint density at radius 2 is 2.18 bits per heavy atom. The second-order valence-corrected chi connectivity index (χ2v) is 4.44. The molecule has 17 heavy (non-hydrogen) atoms. The highest BCUT2D eigenvalue weighted by Crippen LogP contribution is 2.32. The van der Waals surface area contributed by atoms with Crippen LogP contribution in [-0.4, -0.2) is 28.1 Å². The van der Waals surface area contributed by atoms with E-state index in [1.165, 1.54) is 0 Å². The predicted octanol–water partition coefficient (Wildman–Crippen LogP) is 2.29. The van der Waals surface area contributed by atoms with Crippen LogP contribution in [0.15, 0.2) is 43.0 Å². The Bertz CT molecular complexity index is 415. The van der Waals surface area contributed by atoms with E-state index >= 15 is 0 Å². The molecule has 0 unspecified atom stereocenters. The van der Waals surface area contributed by atoms with Gasteiger partial charge in [-0.15, -0.1) is 6.58 Å². The number of aliphatic carboxylic acids is 1. The van der Waals surface area contributed by atoms with Gasteiger partial charge in [0.05, 0.1) is 0 Å². The van der Waals surface area contributed by atoms with Crippen molar-refractivity contribution in [3.05, 3.63) is 48.6 Å². The summed E-state index contributed by atoms with van der Waals surface area (Å²) in [6, 6.07) is 9.96. The number of carbonyl (C=O) groups is 1. The van der Waals surface area contributed by atoms with E-state index in [2.05, 4.69) is 6.58 Å². The number of rotatable bonds is 4. The fraction of sp³-hybridized carbons (Fsp3) is 0.357. The number of hydrogen-bond donors (Lipinski definition) is 1. The van der Waals surface area contributed by atoms with Gasteiger partial charge in [0.15, 0.2) is 0 Å². The van der Waals surface area contributed by atoms with Crippen molar-refractivity contribution in [1.82, 2.24) is 4.90 Å². The molecule has 2 rings (SSSR count). The van der Waals surface area contributed by atoms with Crippen molar-refractivity contribution in [2.75, 3.05) is 6.54 Å². The van der Waals surface area contributed by atoms with Crippen molar-refractivity contribution in [2.24, 2.45) is 0 Å². The minimum Gasteiger partial charge on any atom is -0.480 e. The molecule has 1 N–H and O–H groups in total. The van der Waals surface area contributed by atoms with Crippen molar-refractivity contribution < 1.29 is 9.90 Å². The van der Waals surface area contributed by atoms with Crippen LogP contribution in [0.5, 0.6) is 0 Å². The van der Waals surface area contributed by atoms with Gasteiger partial charge in [0, 0.05) is 6.54 Å². The van der Waals surface area contributed by atoms with Crippen LogP contribution >= 0.6 is 0 Å². The van der Waals surface area contributed by atoms with E-state index < -0.39 is 11.5 Å². The van der Waals surface area contributed by atoms with Gasteiger partial charge in [0.1, 0.15) is 5.54 Å². The molecule has 0 radical (unpaired) electrons. The first-order valence-electron chi connectivity index (χ1n) is 5.85. The Labute approximate surface area is 101 Å². The molecule has 1 aliphatic heterocycles. The van der Waals surface area contributed by atoms with Crippen LogP contribution in [0.4, 0.5) is 0 Å². The summed E-state index contributed by atoms with van der Waals surface area (Å²) in [5, 5.41) is 9.40. The summed E-state index contributed by atoms with van der Waals surface area (Å²) >= 11 is 0. The Morgan fingerprint density at radius 1 is 1.47 bits per heavy atom. The fourth-order valence-corrected chi connectivity index (χ4v) is 2.48. The molecule has 1 aliphatic rings. The second-order valence-electron chi connectivity index (χ2n) is 4.44. The Balaban J connectivity index is 2.20. The summed E-state index contributed by atoms with van der Waals surface area (Å²) in [6.45, 7) is 5.18. The van der Waals surface area contributed by atoms with Crippen LogP contribution in [-0.2, 0) is 11.3 Å². The van der Waals surface area contributed by atoms with Gasteiger partial charge in [-0.05, 0) is 24.9 Å². The van der Waals surface area contributed by atoms with Crippen LogP contribution in [0, 0.1) is 0 Å². The Kier molecular flexibility index (Phi) is 3.29. The van der Waals surface area contributed by atoms with E-state index in [4.69, 9.17) is 0 Å². The highest BCUT2D eigenvalue weighted by atomic mass is 16.4. The molecule has 0 saturated carbocycles. The third kappa shape index (κ3) is 2.11. The molecule has 0 bridgehead atoms. The summed E-state index contributed by atoms with van der Waals surface area (Å²) < 4.78 is 0. The molecule has 1 heterocycles. The van der Waals surface area contributed by atoms with Gasteiger partial charge in [-0.1, -0.05) is 36.4 Å². The SMILES string of the molecule is C=C[C@@]1(C(=O)O)CCCN1Cc1ccccc1. The number of carboxylic acids is 1. The van der Waals surface area contributed by atoms with E-state index in [0.717, 1.165) is 18.5 Å². The van der Waals surface area contributed by atoms with Gasteiger partial charge in [-0.25, -0.2) is 4.79 Å². The van der Waals surface area contributed by atoms with Gasteiger partial charge >= 0.3 is 5.97 Å². The number of nitrogens with zero attached hydrogens (tertiary/aromatic N) is 1. The third-order valence-corrected chi connectivity index (χ3v) is 3.47. The number of benzene rings is 1. The molecule has 1 aromatic carbocycles. The molecule has 3 nitrogen and oxygen atoms in total. The predicted molar refractivity (Wildman–Crippen MR) is 66.6 cm³/mol. The number of hydrogen-bond acceptors (Lipinski definition) is 2. The second kappa shape index (κ2) is 4.72. The molecular formula is C14H17NO2. The zero-order chi connectivity index (χ0) is 12.3. The lowest BCUT2D eigenvalue weighted by molar-refractivity contribution is -0.146. The first-order chi connectivity index (χ1) is 8.19. The smallest absolute Gasteiger partial charge is 0.328 e. The molecule has 90 valence electrons. The summed E-state index contributed by atoms with van der Waals surface area (Å²) in [5.74, 6) is -0.791. The lowest BCUT2D eigenvalue weighted by Gasteiger charge is -2.31. The van der Waals surface area contributed by atoms with E-state index in [1.807, 2.05) is 35.2 Å². The van der Waals surface area contributed by atoms with Gasteiger partial charge in [-0.3, -0.25) is 4.90 Å². The molecule has 1 fully saturated rings. The Hall–Kier alpha value is -1.61. The first-order valence-corrected chi connectivity index (χ1v) is 5.85. The molecule has 1 aromatic rings. The molecule has 0 aliphatic carbocycles. The van der Waals surface area contributed by atoms with Crippen LogP contribution in [0.1, 0.15) is 18.4 Å². The summed E-state index contributed by atoms with van der Waals surface area (Å²) in [6.07, 6.45) is 3.13. The maximum atomic E-state index is 11.4. The summed E-state index contributed by atoms with van der Waals surface area (Å²) in [5.41, 5.74) is 0.261. The Morgan fingerprint density at radius 3 is 2.76 bits per heavy atom. The lowest BCUT2D eigenvalue weighted by Crippen LogP contribution is -2.48. The van der Waals surface area contributed by atoms with E-state index in [9.17, 15) is 9.90 Å². The zero-order valence-corrected chi connectivity index (χ0v) is 9.80. The van der Waals surface area contributed by atoms with Crippen LogP contribution in [0.3, 0.4) is 0 Å². The minimum atomic E-state index is -0.879. The number of likely N-dealkylation sites (tertiary alicyclic amines) is 1. The average Bonchev–Trinajstić information content (AvgIpc) is 2.74. The van der Waals surface area contributed by atoms with Crippen molar-refractivity contribution in [3.63, 3.8) is 0 Å². The first kappa shape index (κ1) is 11.9. The highest BCUT2D eigenvalue weighted by Gasteiger charge is 2.44. The maximum Gasteiger partial charge on any atom is 0.328 e. The van der Waals surface area contributed by atoms with Gasteiger partial charge in [-0.2, -0.15) is 0 Å². The molecule has 1 atom stereocenters. The van der Waals surface area contributed by atoms with E-state index in [0.29, 0.717) is 13.0 Å². The molecular weight excluding hydrogens is 214 g/mol. The zero-order valence-electron chi connectivity index (χ0n) is 9.80. The van der Waals surface area contributed by atoms with E-state index in [-0.39, 0.29) is 0 Å². The van der Waals surface area contributed by atoms with Crippen molar-refractivity contribution in [1.29, 1.82) is 0 Å². The minimum absolute atomic E-state index is 0.651. The summed E-state index contributed by atoms with van der Waals surface area (Å²) in [7, 11) is 0. The standard InChI is InChI=1S/C14H17NO2/c1-2-14(13(16)17)9-6-10-15(14)11-12-7-4-3-5-8-12/h2-5,7-8H,1,6,9-11H2,(H,16,17)/t14-/m0/s1. The fourth-order valence-electron chi connectivity index (χ4n) is 2.48. The molecule has 0 spiro atoms. The normalized spacial score (nSPS) is 24.7. The number of carboxylic acid groups (broad SMARTS) is 1. The third-order valence-electron chi connectivity index (χ3n) is 3.47. The van der Waals surface area contributed by atoms with Crippen LogP contribution in [0.25, 0.3) is 0 Å². The molecule has 0 amide bonds. The lowest BCUT2D eigenvalue weighted by atomic mass is 9.96. The van der Waals surface area contributed by atoms with Crippen LogP contribution < -0.4 is 0 Å². The monoisotopic (exact) mass is 231 g/mol. The van der Waals surface area contributed by atoms with Gasteiger partial charge < -0.3 is 5.11 Å². The highest BCUT2D eigenvalue weighted by molar-refractivity contribution is 5.81. The van der Waals surface area contributed by atoms with Gasteiger partial charge in [0.25, 0.3) is 0 Å². The van der Waals surface area contributed by atoms with E-state index in [1.54, 1.807) is 6.08 Å². The molecule has 3 heteroatoms. The largest absolute Gasteiger partial charge is 0.480 e. The average molecular weight is 231 g/mol. The maximum absolute atomic E-state index is 11.4. The van der Waals surface area contributed by atoms with Crippen molar-refractivity contribution in [3.8, 4) is 0 Å². The van der Waals surface area contributed by atoms with Crippen molar-refractivity contribution >= 4 is 5.97 Å². The summed E-state index contributed by atoms with van der Waals surface area (Å²) in [4.78, 5) is 13.4. The quantitative estimate of drug-likeness (QED) is 0.808.